The molecule has 1 aliphatic rings. The molecule has 108 valence electrons. The van der Waals surface area contributed by atoms with Gasteiger partial charge in [0.2, 0.25) is 0 Å². The molecule has 1 aliphatic carbocycles. The van der Waals surface area contributed by atoms with E-state index in [1.54, 1.807) is 10.9 Å². The SMILES string of the molecule is CCn1nccc1C(O)C1(C#N)CCc2ccccc2C1. The Morgan fingerprint density at radius 2 is 2.14 bits per heavy atom. The third-order valence-corrected chi connectivity index (χ3v) is 4.54. The van der Waals surface area contributed by atoms with E-state index in [4.69, 9.17) is 0 Å². The second-order valence-electron chi connectivity index (χ2n) is 5.69. The van der Waals surface area contributed by atoms with Crippen LogP contribution in [-0.2, 0) is 19.4 Å². The number of rotatable bonds is 3. The fourth-order valence-corrected chi connectivity index (χ4v) is 3.27. The van der Waals surface area contributed by atoms with E-state index < -0.39 is 11.5 Å². The van der Waals surface area contributed by atoms with Crippen LogP contribution in [0.3, 0.4) is 0 Å². The van der Waals surface area contributed by atoms with Gasteiger partial charge in [0.15, 0.2) is 0 Å². The van der Waals surface area contributed by atoms with Gasteiger partial charge < -0.3 is 5.11 Å². The van der Waals surface area contributed by atoms with Crippen molar-refractivity contribution < 1.29 is 5.11 Å². The number of aliphatic hydroxyl groups excluding tert-OH is 1. The Balaban J connectivity index is 1.98. The molecular formula is C17H19N3O. The molecule has 1 N–H and O–H groups in total. The van der Waals surface area contributed by atoms with Crippen molar-refractivity contribution in [3.05, 3.63) is 53.3 Å². The van der Waals surface area contributed by atoms with Gasteiger partial charge in [-0.05, 0) is 43.4 Å². The van der Waals surface area contributed by atoms with E-state index in [1.165, 1.54) is 11.1 Å². The molecule has 21 heavy (non-hydrogen) atoms. The Labute approximate surface area is 124 Å². The maximum absolute atomic E-state index is 10.8. The monoisotopic (exact) mass is 281 g/mol. The number of aryl methyl sites for hydroxylation is 2. The fourth-order valence-electron chi connectivity index (χ4n) is 3.27. The van der Waals surface area contributed by atoms with Gasteiger partial charge in [-0.3, -0.25) is 4.68 Å². The van der Waals surface area contributed by atoms with Gasteiger partial charge in [-0.1, -0.05) is 24.3 Å². The Kier molecular flexibility index (Phi) is 3.52. The van der Waals surface area contributed by atoms with E-state index in [0.29, 0.717) is 19.4 Å². The van der Waals surface area contributed by atoms with Crippen LogP contribution in [0.15, 0.2) is 36.5 Å². The number of aromatic nitrogens is 2. The third-order valence-electron chi connectivity index (χ3n) is 4.54. The van der Waals surface area contributed by atoms with Crippen LogP contribution in [0.2, 0.25) is 0 Å². The zero-order valence-corrected chi connectivity index (χ0v) is 12.2. The summed E-state index contributed by atoms with van der Waals surface area (Å²) in [6.45, 7) is 2.68. The number of hydrogen-bond acceptors (Lipinski definition) is 3. The van der Waals surface area contributed by atoms with Crippen molar-refractivity contribution >= 4 is 0 Å². The Morgan fingerprint density at radius 3 is 2.86 bits per heavy atom. The van der Waals surface area contributed by atoms with Gasteiger partial charge in [-0.25, -0.2) is 0 Å². The average molecular weight is 281 g/mol. The highest BCUT2D eigenvalue weighted by Crippen LogP contribution is 2.44. The Hall–Kier alpha value is -2.12. The molecule has 0 fully saturated rings. The van der Waals surface area contributed by atoms with Crippen molar-refractivity contribution in [2.75, 3.05) is 0 Å². The van der Waals surface area contributed by atoms with Gasteiger partial charge >= 0.3 is 0 Å². The summed E-state index contributed by atoms with van der Waals surface area (Å²) >= 11 is 0. The molecule has 1 heterocycles. The number of hydrogen-bond donors (Lipinski definition) is 1. The zero-order valence-electron chi connectivity index (χ0n) is 12.2. The molecule has 0 amide bonds. The first kappa shape index (κ1) is 13.8. The number of benzene rings is 1. The van der Waals surface area contributed by atoms with Gasteiger partial charge in [0.1, 0.15) is 6.10 Å². The second kappa shape index (κ2) is 5.34. The second-order valence-corrected chi connectivity index (χ2v) is 5.69. The van der Waals surface area contributed by atoms with E-state index in [2.05, 4.69) is 23.3 Å². The highest BCUT2D eigenvalue weighted by Gasteiger charge is 2.43. The molecule has 0 spiro atoms. The van der Waals surface area contributed by atoms with E-state index in [0.717, 1.165) is 12.1 Å². The zero-order chi connectivity index (χ0) is 14.9. The summed E-state index contributed by atoms with van der Waals surface area (Å²) in [7, 11) is 0. The Morgan fingerprint density at radius 1 is 1.38 bits per heavy atom. The van der Waals surface area contributed by atoms with Crippen LogP contribution in [0.25, 0.3) is 0 Å². The van der Waals surface area contributed by atoms with Crippen LogP contribution in [0.4, 0.5) is 0 Å². The number of fused-ring (bicyclic) bond motifs is 1. The van der Waals surface area contributed by atoms with E-state index in [-0.39, 0.29) is 0 Å². The van der Waals surface area contributed by atoms with Crippen LogP contribution < -0.4 is 0 Å². The van der Waals surface area contributed by atoms with E-state index in [9.17, 15) is 10.4 Å². The molecule has 2 atom stereocenters. The van der Waals surface area contributed by atoms with Crippen molar-refractivity contribution in [3.63, 3.8) is 0 Å². The molecule has 4 nitrogen and oxygen atoms in total. The lowest BCUT2D eigenvalue weighted by atomic mass is 9.68. The van der Waals surface area contributed by atoms with Crippen molar-refractivity contribution in [1.29, 1.82) is 5.26 Å². The van der Waals surface area contributed by atoms with Gasteiger partial charge in [0, 0.05) is 12.7 Å². The molecule has 1 aromatic carbocycles. The molecule has 3 rings (SSSR count). The van der Waals surface area contributed by atoms with E-state index in [1.807, 2.05) is 25.1 Å². The predicted molar refractivity (Wildman–Crippen MR) is 79.4 cm³/mol. The van der Waals surface area contributed by atoms with Crippen LogP contribution in [0.1, 0.15) is 36.3 Å². The minimum Gasteiger partial charge on any atom is -0.385 e. The molecular weight excluding hydrogens is 262 g/mol. The molecule has 4 heteroatoms. The van der Waals surface area contributed by atoms with Crippen LogP contribution in [0, 0.1) is 16.7 Å². The van der Waals surface area contributed by atoms with Crippen molar-refractivity contribution in [3.8, 4) is 6.07 Å². The minimum atomic E-state index is -0.807. The number of nitrogens with zero attached hydrogens (tertiary/aromatic N) is 3. The molecule has 0 saturated carbocycles. The maximum Gasteiger partial charge on any atom is 0.115 e. The smallest absolute Gasteiger partial charge is 0.115 e. The summed E-state index contributed by atoms with van der Waals surface area (Å²) in [5, 5.41) is 24.8. The predicted octanol–water partition coefficient (Wildman–Crippen LogP) is 2.64. The first-order valence-corrected chi connectivity index (χ1v) is 7.38. The molecule has 0 bridgehead atoms. The first-order valence-electron chi connectivity index (χ1n) is 7.38. The molecule has 0 radical (unpaired) electrons. The van der Waals surface area contributed by atoms with Crippen molar-refractivity contribution in [2.45, 2.75) is 38.8 Å². The van der Waals surface area contributed by atoms with Crippen LogP contribution >= 0.6 is 0 Å². The first-order chi connectivity index (χ1) is 10.2. The highest BCUT2D eigenvalue weighted by molar-refractivity contribution is 5.34. The summed E-state index contributed by atoms with van der Waals surface area (Å²) in [6, 6.07) is 12.4. The van der Waals surface area contributed by atoms with Gasteiger partial charge in [-0.2, -0.15) is 10.4 Å². The van der Waals surface area contributed by atoms with Crippen LogP contribution in [-0.4, -0.2) is 14.9 Å². The minimum absolute atomic E-state index is 0.593. The maximum atomic E-state index is 10.8. The fraction of sp³-hybridized carbons (Fsp3) is 0.412. The summed E-state index contributed by atoms with van der Waals surface area (Å²) in [4.78, 5) is 0. The summed E-state index contributed by atoms with van der Waals surface area (Å²) in [6.07, 6.45) is 2.98. The normalized spacial score (nSPS) is 22.3. The largest absolute Gasteiger partial charge is 0.385 e. The number of aliphatic hydroxyl groups is 1. The number of nitriles is 1. The third kappa shape index (κ3) is 2.24. The standard InChI is InChI=1S/C17H19N3O/c1-2-20-15(8-10-19-20)16(21)17(12-18)9-7-13-5-3-4-6-14(13)11-17/h3-6,8,10,16,21H,2,7,9,11H2,1H3. The summed E-state index contributed by atoms with van der Waals surface area (Å²) in [5.74, 6) is 0. The average Bonchev–Trinajstić information content (AvgIpc) is 3.02. The molecule has 2 unspecified atom stereocenters. The summed E-state index contributed by atoms with van der Waals surface area (Å²) in [5.41, 5.74) is 2.44. The van der Waals surface area contributed by atoms with Gasteiger partial charge in [0.25, 0.3) is 0 Å². The molecule has 2 aromatic rings. The van der Waals surface area contributed by atoms with Gasteiger partial charge in [-0.15, -0.1) is 0 Å². The Bertz CT molecular complexity index is 685. The van der Waals surface area contributed by atoms with Crippen molar-refractivity contribution in [2.24, 2.45) is 5.41 Å². The lowest BCUT2D eigenvalue weighted by molar-refractivity contribution is 0.0452. The topological polar surface area (TPSA) is 61.8 Å². The molecule has 1 aromatic heterocycles. The summed E-state index contributed by atoms with van der Waals surface area (Å²) < 4.78 is 1.77. The molecule has 0 saturated heterocycles. The van der Waals surface area contributed by atoms with Gasteiger partial charge in [0.05, 0.1) is 17.2 Å². The lowest BCUT2D eigenvalue weighted by Gasteiger charge is -2.36. The quantitative estimate of drug-likeness (QED) is 0.940. The lowest BCUT2D eigenvalue weighted by Crippen LogP contribution is -2.35. The highest BCUT2D eigenvalue weighted by atomic mass is 16.3. The van der Waals surface area contributed by atoms with E-state index >= 15 is 0 Å². The van der Waals surface area contributed by atoms with Crippen molar-refractivity contribution in [1.82, 2.24) is 9.78 Å². The van der Waals surface area contributed by atoms with Crippen LogP contribution in [0.5, 0.6) is 0 Å². The molecule has 0 aliphatic heterocycles.